The van der Waals surface area contributed by atoms with Gasteiger partial charge in [0, 0.05) is 5.92 Å². The van der Waals surface area contributed by atoms with Gasteiger partial charge in [0.2, 0.25) is 0 Å². The van der Waals surface area contributed by atoms with Gasteiger partial charge in [-0.15, -0.1) is 0 Å². The minimum absolute atomic E-state index is 0.137. The molecule has 0 heterocycles. The smallest absolute Gasteiger partial charge is 0.0920 e. The van der Waals surface area contributed by atoms with Crippen LogP contribution in [-0.4, -0.2) is 5.66 Å². The Bertz CT molecular complexity index is 516. The van der Waals surface area contributed by atoms with Crippen molar-refractivity contribution in [3.05, 3.63) is 52.6 Å². The molecule has 2 heteroatoms. The summed E-state index contributed by atoms with van der Waals surface area (Å²) in [6, 6.07) is 6.59. The molecule has 0 fully saturated rings. The summed E-state index contributed by atoms with van der Waals surface area (Å²) in [6.45, 7) is 8.32. The molecule has 2 rings (SSSR count). The number of hydrogen-bond donors (Lipinski definition) is 2. The molecule has 0 saturated carbocycles. The largest absolute Gasteiger partial charge is 0.309 e. The van der Waals surface area contributed by atoms with Gasteiger partial charge in [0.1, 0.15) is 0 Å². The van der Waals surface area contributed by atoms with Gasteiger partial charge in [0.25, 0.3) is 0 Å². The molecule has 0 aliphatic heterocycles. The van der Waals surface area contributed by atoms with Crippen molar-refractivity contribution in [2.75, 3.05) is 0 Å². The third-order valence-corrected chi connectivity index (χ3v) is 3.79. The maximum atomic E-state index is 6.13. The molecule has 0 bridgehead atoms. The van der Waals surface area contributed by atoms with Crippen LogP contribution in [-0.2, 0) is 0 Å². The zero-order valence-electron chi connectivity index (χ0n) is 11.6. The zero-order valence-corrected chi connectivity index (χ0v) is 11.6. The van der Waals surface area contributed by atoms with Crippen molar-refractivity contribution in [1.82, 2.24) is 0 Å². The van der Waals surface area contributed by atoms with Crippen molar-refractivity contribution < 1.29 is 0 Å². The highest BCUT2D eigenvalue weighted by Gasteiger charge is 2.31. The summed E-state index contributed by atoms with van der Waals surface area (Å²) in [6.07, 6.45) is 4.27. The highest BCUT2D eigenvalue weighted by atomic mass is 15.0. The molecule has 1 aromatic rings. The topological polar surface area (TPSA) is 52.0 Å². The molecule has 0 aromatic heterocycles. The molecule has 1 aliphatic rings. The van der Waals surface area contributed by atoms with Crippen molar-refractivity contribution in [2.45, 2.75) is 33.4 Å². The van der Waals surface area contributed by atoms with E-state index in [0.29, 0.717) is 0 Å². The van der Waals surface area contributed by atoms with E-state index in [1.54, 1.807) is 0 Å². The second-order valence-electron chi connectivity index (χ2n) is 5.55. The van der Waals surface area contributed by atoms with E-state index in [1.807, 2.05) is 6.92 Å². The van der Waals surface area contributed by atoms with Gasteiger partial charge < -0.3 is 11.5 Å². The lowest BCUT2D eigenvalue weighted by Crippen LogP contribution is -2.56. The van der Waals surface area contributed by atoms with Crippen LogP contribution in [0.2, 0.25) is 0 Å². The van der Waals surface area contributed by atoms with Gasteiger partial charge in [-0.1, -0.05) is 48.4 Å². The Morgan fingerprint density at radius 1 is 1.00 bits per heavy atom. The van der Waals surface area contributed by atoms with Crippen LogP contribution in [0.4, 0.5) is 0 Å². The first kappa shape index (κ1) is 13.1. The molecule has 0 amide bonds. The predicted octanol–water partition coefficient (Wildman–Crippen LogP) is 2.90. The zero-order chi connectivity index (χ0) is 13.5. The third kappa shape index (κ3) is 2.26. The maximum absolute atomic E-state index is 6.13. The molecular formula is C16H22N2. The van der Waals surface area contributed by atoms with E-state index in [1.165, 1.54) is 22.3 Å². The average Bonchev–Trinajstić information content (AvgIpc) is 2.24. The molecule has 0 saturated heterocycles. The van der Waals surface area contributed by atoms with Crippen molar-refractivity contribution in [3.63, 3.8) is 0 Å². The lowest BCUT2D eigenvalue weighted by atomic mass is 9.80. The molecule has 4 N–H and O–H groups in total. The standard InChI is InChI=1S/C16H22N2/c1-10-5-11(2)7-14(6-10)15-8-12(3)16(17,18)13(4)9-15/h5-9,12H,17-18H2,1-4H3. The van der Waals surface area contributed by atoms with E-state index < -0.39 is 5.66 Å². The lowest BCUT2D eigenvalue weighted by molar-refractivity contribution is 0.408. The second kappa shape index (κ2) is 4.38. The number of nitrogens with two attached hydrogens (primary N) is 2. The lowest BCUT2D eigenvalue weighted by Gasteiger charge is -2.34. The first-order valence-corrected chi connectivity index (χ1v) is 6.37. The van der Waals surface area contributed by atoms with E-state index >= 15 is 0 Å². The highest BCUT2D eigenvalue weighted by molar-refractivity contribution is 5.77. The second-order valence-corrected chi connectivity index (χ2v) is 5.55. The van der Waals surface area contributed by atoms with Crippen LogP contribution in [0.3, 0.4) is 0 Å². The Morgan fingerprint density at radius 2 is 1.56 bits per heavy atom. The molecule has 1 atom stereocenters. The molecule has 1 unspecified atom stereocenters. The van der Waals surface area contributed by atoms with Gasteiger partial charge in [-0.05, 0) is 37.5 Å². The molecule has 2 nitrogen and oxygen atoms in total. The average molecular weight is 242 g/mol. The van der Waals surface area contributed by atoms with E-state index in [0.717, 1.165) is 5.57 Å². The summed E-state index contributed by atoms with van der Waals surface area (Å²) in [7, 11) is 0. The van der Waals surface area contributed by atoms with Crippen molar-refractivity contribution in [1.29, 1.82) is 0 Å². The van der Waals surface area contributed by atoms with Crippen LogP contribution in [0.25, 0.3) is 5.57 Å². The van der Waals surface area contributed by atoms with Gasteiger partial charge in [0.15, 0.2) is 0 Å². The molecule has 0 spiro atoms. The van der Waals surface area contributed by atoms with Gasteiger partial charge in [-0.25, -0.2) is 0 Å². The van der Waals surface area contributed by atoms with Gasteiger partial charge >= 0.3 is 0 Å². The van der Waals surface area contributed by atoms with Crippen molar-refractivity contribution >= 4 is 5.57 Å². The Morgan fingerprint density at radius 3 is 2.06 bits per heavy atom. The molecule has 1 aromatic carbocycles. The number of rotatable bonds is 1. The summed E-state index contributed by atoms with van der Waals surface area (Å²) in [5, 5.41) is 0. The van der Waals surface area contributed by atoms with E-state index in [4.69, 9.17) is 11.5 Å². The molecule has 0 radical (unpaired) electrons. The van der Waals surface area contributed by atoms with Crippen molar-refractivity contribution in [2.24, 2.45) is 17.4 Å². The monoisotopic (exact) mass is 242 g/mol. The van der Waals surface area contributed by atoms with Crippen LogP contribution < -0.4 is 11.5 Å². The Kier molecular flexibility index (Phi) is 3.18. The first-order valence-electron chi connectivity index (χ1n) is 6.37. The highest BCUT2D eigenvalue weighted by Crippen LogP contribution is 2.32. The number of allylic oxidation sites excluding steroid dienone is 2. The van der Waals surface area contributed by atoms with Gasteiger partial charge in [-0.3, -0.25) is 0 Å². The van der Waals surface area contributed by atoms with E-state index in [9.17, 15) is 0 Å². The summed E-state index contributed by atoms with van der Waals surface area (Å²) in [4.78, 5) is 0. The Hall–Kier alpha value is -1.38. The predicted molar refractivity (Wildman–Crippen MR) is 77.9 cm³/mol. The quantitative estimate of drug-likeness (QED) is 0.744. The SMILES string of the molecule is CC1=CC(c2cc(C)cc(C)c2)=CC(C)C1(N)N. The fraction of sp³-hybridized carbons (Fsp3) is 0.375. The molecule has 1 aliphatic carbocycles. The number of aryl methyl sites for hydroxylation is 2. The number of hydrogen-bond acceptors (Lipinski definition) is 2. The normalized spacial score (nSPS) is 22.4. The Labute approximate surface area is 109 Å². The summed E-state index contributed by atoms with van der Waals surface area (Å²) >= 11 is 0. The fourth-order valence-corrected chi connectivity index (χ4v) is 2.49. The molecular weight excluding hydrogens is 220 g/mol. The van der Waals surface area contributed by atoms with Crippen LogP contribution in [0.5, 0.6) is 0 Å². The van der Waals surface area contributed by atoms with Crippen LogP contribution in [0.1, 0.15) is 30.5 Å². The minimum Gasteiger partial charge on any atom is -0.309 e. The molecule has 96 valence electrons. The maximum Gasteiger partial charge on any atom is 0.0920 e. The Balaban J connectivity index is 2.47. The van der Waals surface area contributed by atoms with Crippen molar-refractivity contribution in [3.8, 4) is 0 Å². The molecule has 18 heavy (non-hydrogen) atoms. The van der Waals surface area contributed by atoms with Gasteiger partial charge in [0.05, 0.1) is 5.66 Å². The summed E-state index contributed by atoms with van der Waals surface area (Å²) in [5.41, 5.74) is 17.6. The fourth-order valence-electron chi connectivity index (χ4n) is 2.49. The minimum atomic E-state index is -0.720. The number of benzene rings is 1. The van der Waals surface area contributed by atoms with E-state index in [-0.39, 0.29) is 5.92 Å². The van der Waals surface area contributed by atoms with Crippen LogP contribution in [0.15, 0.2) is 35.9 Å². The van der Waals surface area contributed by atoms with Crippen LogP contribution >= 0.6 is 0 Å². The van der Waals surface area contributed by atoms with Crippen LogP contribution in [0, 0.1) is 19.8 Å². The first-order chi connectivity index (χ1) is 8.30. The summed E-state index contributed by atoms with van der Waals surface area (Å²) < 4.78 is 0. The summed E-state index contributed by atoms with van der Waals surface area (Å²) in [5.74, 6) is 0.137. The third-order valence-electron chi connectivity index (χ3n) is 3.79. The van der Waals surface area contributed by atoms with E-state index in [2.05, 4.69) is 51.1 Å². The van der Waals surface area contributed by atoms with Gasteiger partial charge in [-0.2, -0.15) is 0 Å².